The summed E-state index contributed by atoms with van der Waals surface area (Å²) in [4.78, 5) is 30.3. The van der Waals surface area contributed by atoms with Gasteiger partial charge in [-0.25, -0.2) is 0 Å². The summed E-state index contributed by atoms with van der Waals surface area (Å²) in [7, 11) is 0. The van der Waals surface area contributed by atoms with Crippen molar-refractivity contribution in [3.8, 4) is 0 Å². The van der Waals surface area contributed by atoms with E-state index in [0.717, 1.165) is 45.1 Å². The molecule has 1 aliphatic carbocycles. The summed E-state index contributed by atoms with van der Waals surface area (Å²) in [5.41, 5.74) is -0.488. The Balaban J connectivity index is 1.58. The molecule has 26 heavy (non-hydrogen) atoms. The van der Waals surface area contributed by atoms with E-state index in [1.54, 1.807) is 4.90 Å². The minimum atomic E-state index is -0.750. The van der Waals surface area contributed by atoms with E-state index < -0.39 is 5.54 Å². The van der Waals surface area contributed by atoms with Crippen LogP contribution >= 0.6 is 11.6 Å². The number of likely N-dealkylation sites (tertiary alicyclic amines) is 2. The highest BCUT2D eigenvalue weighted by Crippen LogP contribution is 2.41. The third kappa shape index (κ3) is 2.81. The van der Waals surface area contributed by atoms with Crippen molar-refractivity contribution in [2.45, 2.75) is 69.1 Å². The van der Waals surface area contributed by atoms with Crippen LogP contribution in [0.3, 0.4) is 0 Å². The van der Waals surface area contributed by atoms with Crippen LogP contribution in [0, 0.1) is 0 Å². The number of hydrogen-bond donors (Lipinski definition) is 2. The first-order valence-electron chi connectivity index (χ1n) is 9.53. The SMILES string of the molecule is O=C(c1[nH]ncc1Cl)N1CCCC12CCCN(C1CCC(O)CC1)C2=O. The first-order valence-corrected chi connectivity index (χ1v) is 9.91. The molecule has 4 rings (SSSR count). The van der Waals surface area contributed by atoms with Gasteiger partial charge < -0.3 is 14.9 Å². The van der Waals surface area contributed by atoms with Crippen LogP contribution in [0.25, 0.3) is 0 Å². The Hall–Kier alpha value is -1.60. The van der Waals surface area contributed by atoms with Crippen molar-refractivity contribution in [1.82, 2.24) is 20.0 Å². The second-order valence-electron chi connectivity index (χ2n) is 7.75. The van der Waals surface area contributed by atoms with E-state index in [9.17, 15) is 14.7 Å². The number of hydrogen-bond acceptors (Lipinski definition) is 4. The Morgan fingerprint density at radius 3 is 2.58 bits per heavy atom. The number of piperidine rings is 1. The summed E-state index contributed by atoms with van der Waals surface area (Å²) in [5.74, 6) is -0.161. The van der Waals surface area contributed by atoms with E-state index in [1.807, 2.05) is 4.90 Å². The summed E-state index contributed by atoms with van der Waals surface area (Å²) in [6.45, 7) is 1.31. The van der Waals surface area contributed by atoms with Crippen molar-refractivity contribution in [1.29, 1.82) is 0 Å². The van der Waals surface area contributed by atoms with Crippen LogP contribution in [-0.4, -0.2) is 67.7 Å². The molecule has 1 aromatic rings. The van der Waals surface area contributed by atoms with Crippen LogP contribution in [0.2, 0.25) is 5.02 Å². The van der Waals surface area contributed by atoms with Gasteiger partial charge in [0.15, 0.2) is 0 Å². The number of amides is 2. The quantitative estimate of drug-likeness (QED) is 0.820. The molecule has 2 saturated heterocycles. The lowest BCUT2D eigenvalue weighted by Crippen LogP contribution is -2.63. The number of aliphatic hydroxyl groups is 1. The topological polar surface area (TPSA) is 89.5 Å². The zero-order chi connectivity index (χ0) is 18.3. The molecule has 2 amide bonds. The van der Waals surface area contributed by atoms with Gasteiger partial charge in [-0.1, -0.05) is 11.6 Å². The molecule has 3 aliphatic rings. The normalized spacial score (nSPS) is 32.5. The van der Waals surface area contributed by atoms with E-state index >= 15 is 0 Å². The lowest BCUT2D eigenvalue weighted by molar-refractivity contribution is -0.149. The monoisotopic (exact) mass is 380 g/mol. The Morgan fingerprint density at radius 2 is 1.92 bits per heavy atom. The summed E-state index contributed by atoms with van der Waals surface area (Å²) < 4.78 is 0. The lowest BCUT2D eigenvalue weighted by atomic mass is 9.82. The minimum Gasteiger partial charge on any atom is -0.393 e. The molecule has 8 heteroatoms. The number of aromatic amines is 1. The third-order valence-corrected chi connectivity index (χ3v) is 6.58. The van der Waals surface area contributed by atoms with Crippen molar-refractivity contribution >= 4 is 23.4 Å². The number of H-pyrrole nitrogens is 1. The number of halogens is 1. The van der Waals surface area contributed by atoms with Gasteiger partial charge in [0.2, 0.25) is 5.91 Å². The maximum Gasteiger partial charge on any atom is 0.274 e. The molecule has 0 bridgehead atoms. The van der Waals surface area contributed by atoms with Crippen molar-refractivity contribution in [3.05, 3.63) is 16.9 Å². The second kappa shape index (κ2) is 6.85. The van der Waals surface area contributed by atoms with Crippen LogP contribution in [0.15, 0.2) is 6.20 Å². The first kappa shape index (κ1) is 17.8. The molecular weight excluding hydrogens is 356 g/mol. The lowest BCUT2D eigenvalue weighted by Gasteiger charge is -2.48. The average molecular weight is 381 g/mol. The molecule has 142 valence electrons. The molecule has 3 heterocycles. The molecule has 0 radical (unpaired) electrons. The highest BCUT2D eigenvalue weighted by atomic mass is 35.5. The standard InChI is InChI=1S/C18H25ClN4O3/c19-14-11-20-21-15(14)16(25)23-10-2-8-18(23)7-1-9-22(17(18)26)12-3-5-13(24)6-4-12/h11-13,24H,1-10H2,(H,20,21). The molecular formula is C18H25ClN4O3. The molecule has 2 N–H and O–H groups in total. The largest absolute Gasteiger partial charge is 0.393 e. The maximum atomic E-state index is 13.5. The highest BCUT2D eigenvalue weighted by molar-refractivity contribution is 6.33. The van der Waals surface area contributed by atoms with Gasteiger partial charge in [0.1, 0.15) is 11.2 Å². The van der Waals surface area contributed by atoms with Crippen molar-refractivity contribution in [2.75, 3.05) is 13.1 Å². The van der Waals surface area contributed by atoms with E-state index in [4.69, 9.17) is 11.6 Å². The summed E-state index contributed by atoms with van der Waals surface area (Å²) in [5, 5.41) is 16.6. The van der Waals surface area contributed by atoms with E-state index in [1.165, 1.54) is 6.20 Å². The predicted molar refractivity (Wildman–Crippen MR) is 95.8 cm³/mol. The molecule has 1 aromatic heterocycles. The van der Waals surface area contributed by atoms with Gasteiger partial charge in [-0.05, 0) is 51.4 Å². The molecule has 3 fully saturated rings. The van der Waals surface area contributed by atoms with Gasteiger partial charge in [0.05, 0.1) is 17.3 Å². The van der Waals surface area contributed by atoms with Crippen molar-refractivity contribution in [3.63, 3.8) is 0 Å². The summed E-state index contributed by atoms with van der Waals surface area (Å²) >= 11 is 6.08. The maximum absolute atomic E-state index is 13.5. The number of carbonyl (C=O) groups is 2. The zero-order valence-electron chi connectivity index (χ0n) is 14.8. The fourth-order valence-corrected chi connectivity index (χ4v) is 5.12. The van der Waals surface area contributed by atoms with E-state index in [-0.39, 0.29) is 29.7 Å². The molecule has 1 unspecified atom stereocenters. The fourth-order valence-electron chi connectivity index (χ4n) is 4.95. The Kier molecular flexibility index (Phi) is 4.69. The zero-order valence-corrected chi connectivity index (χ0v) is 15.5. The van der Waals surface area contributed by atoms with Gasteiger partial charge in [-0.15, -0.1) is 0 Å². The van der Waals surface area contributed by atoms with Crippen LogP contribution in [-0.2, 0) is 4.79 Å². The van der Waals surface area contributed by atoms with Crippen molar-refractivity contribution < 1.29 is 14.7 Å². The van der Waals surface area contributed by atoms with E-state index in [2.05, 4.69) is 10.2 Å². The Morgan fingerprint density at radius 1 is 1.23 bits per heavy atom. The Labute approximate surface area is 157 Å². The number of carbonyl (C=O) groups excluding carboxylic acids is 2. The Bertz CT molecular complexity index is 700. The smallest absolute Gasteiger partial charge is 0.274 e. The molecule has 1 spiro atoms. The van der Waals surface area contributed by atoms with Gasteiger partial charge in [-0.3, -0.25) is 14.7 Å². The minimum absolute atomic E-state index is 0.0756. The summed E-state index contributed by atoms with van der Waals surface area (Å²) in [6.07, 6.45) is 7.46. The summed E-state index contributed by atoms with van der Waals surface area (Å²) in [6, 6.07) is 0.177. The average Bonchev–Trinajstić information content (AvgIpc) is 3.25. The van der Waals surface area contributed by atoms with Gasteiger partial charge >= 0.3 is 0 Å². The molecule has 7 nitrogen and oxygen atoms in total. The highest BCUT2D eigenvalue weighted by Gasteiger charge is 2.54. The molecule has 1 saturated carbocycles. The number of nitrogens with one attached hydrogen (secondary N) is 1. The molecule has 0 aromatic carbocycles. The third-order valence-electron chi connectivity index (χ3n) is 6.30. The second-order valence-corrected chi connectivity index (χ2v) is 8.16. The predicted octanol–water partition coefficient (Wildman–Crippen LogP) is 1.96. The number of aliphatic hydroxyl groups excluding tert-OH is 1. The number of rotatable bonds is 2. The molecule has 2 aliphatic heterocycles. The first-order chi connectivity index (χ1) is 12.5. The van der Waals surface area contributed by atoms with Gasteiger partial charge in [0.25, 0.3) is 5.91 Å². The van der Waals surface area contributed by atoms with Gasteiger partial charge in [-0.2, -0.15) is 5.10 Å². The number of aromatic nitrogens is 2. The van der Waals surface area contributed by atoms with Gasteiger partial charge in [0, 0.05) is 19.1 Å². The van der Waals surface area contributed by atoms with Crippen LogP contribution in [0.1, 0.15) is 61.9 Å². The van der Waals surface area contributed by atoms with Crippen molar-refractivity contribution in [2.24, 2.45) is 0 Å². The fraction of sp³-hybridized carbons (Fsp3) is 0.722. The van der Waals surface area contributed by atoms with Crippen LogP contribution < -0.4 is 0 Å². The van der Waals surface area contributed by atoms with E-state index in [0.29, 0.717) is 24.4 Å². The number of nitrogens with zero attached hydrogens (tertiary/aromatic N) is 3. The molecule has 1 atom stereocenters. The van der Waals surface area contributed by atoms with Crippen LogP contribution in [0.4, 0.5) is 0 Å². The van der Waals surface area contributed by atoms with Crippen LogP contribution in [0.5, 0.6) is 0 Å².